The van der Waals surface area contributed by atoms with Gasteiger partial charge in [0.1, 0.15) is 0 Å². The third kappa shape index (κ3) is 1.87. The van der Waals surface area contributed by atoms with E-state index >= 15 is 0 Å². The maximum atomic E-state index is 6.31. The number of hydrogen-bond donors (Lipinski definition) is 2. The number of anilines is 1. The zero-order valence-corrected chi connectivity index (χ0v) is 10.2. The fraction of sp³-hybridized carbons (Fsp3) is 0.267. The van der Waals surface area contributed by atoms with Gasteiger partial charge < -0.3 is 11.5 Å². The van der Waals surface area contributed by atoms with Crippen LogP contribution >= 0.6 is 0 Å². The Kier molecular flexibility index (Phi) is 2.76. The van der Waals surface area contributed by atoms with Gasteiger partial charge in [-0.05, 0) is 35.6 Å². The first kappa shape index (κ1) is 11.2. The van der Waals surface area contributed by atoms with E-state index in [4.69, 9.17) is 11.5 Å². The molecule has 2 unspecified atom stereocenters. The van der Waals surface area contributed by atoms with Crippen LogP contribution in [0, 0.1) is 0 Å². The van der Waals surface area contributed by atoms with E-state index in [0.717, 1.165) is 24.1 Å². The Morgan fingerprint density at radius 3 is 2.89 bits per heavy atom. The van der Waals surface area contributed by atoms with Crippen molar-refractivity contribution in [2.45, 2.75) is 24.8 Å². The van der Waals surface area contributed by atoms with Crippen LogP contribution in [0.1, 0.15) is 22.6 Å². The summed E-state index contributed by atoms with van der Waals surface area (Å²) in [6.07, 6.45) is 5.40. The molecule has 1 aliphatic carbocycles. The van der Waals surface area contributed by atoms with Gasteiger partial charge in [0, 0.05) is 30.0 Å². The van der Waals surface area contributed by atoms with Crippen molar-refractivity contribution < 1.29 is 0 Å². The molecule has 2 atom stereocenters. The molecule has 0 fully saturated rings. The Bertz CT molecular complexity index is 565. The van der Waals surface area contributed by atoms with Crippen molar-refractivity contribution in [2.24, 2.45) is 5.73 Å². The van der Waals surface area contributed by atoms with Gasteiger partial charge in [-0.3, -0.25) is 4.98 Å². The molecule has 1 aromatic carbocycles. The fourth-order valence-corrected chi connectivity index (χ4v) is 2.68. The molecule has 3 nitrogen and oxygen atoms in total. The SMILES string of the molecule is Nc1ccncc1CC(N)C1Cc2ccccc21. The maximum Gasteiger partial charge on any atom is 0.0378 e. The minimum absolute atomic E-state index is 0.117. The van der Waals surface area contributed by atoms with Crippen LogP contribution in [0.4, 0.5) is 5.69 Å². The molecule has 18 heavy (non-hydrogen) atoms. The van der Waals surface area contributed by atoms with Gasteiger partial charge in [-0.1, -0.05) is 24.3 Å². The molecule has 4 N–H and O–H groups in total. The largest absolute Gasteiger partial charge is 0.398 e. The van der Waals surface area contributed by atoms with Crippen LogP contribution in [0.15, 0.2) is 42.7 Å². The van der Waals surface area contributed by atoms with E-state index in [1.807, 2.05) is 12.3 Å². The third-order valence-electron chi connectivity index (χ3n) is 3.81. The fourth-order valence-electron chi connectivity index (χ4n) is 2.68. The van der Waals surface area contributed by atoms with Crippen LogP contribution in [-0.2, 0) is 12.8 Å². The molecule has 0 radical (unpaired) electrons. The Morgan fingerprint density at radius 2 is 2.11 bits per heavy atom. The van der Waals surface area contributed by atoms with Crippen LogP contribution in [0.2, 0.25) is 0 Å². The second-order valence-electron chi connectivity index (χ2n) is 4.95. The van der Waals surface area contributed by atoms with Crippen molar-refractivity contribution in [3.63, 3.8) is 0 Å². The van der Waals surface area contributed by atoms with Crippen molar-refractivity contribution in [3.05, 3.63) is 59.4 Å². The lowest BCUT2D eigenvalue weighted by Crippen LogP contribution is -2.37. The number of benzene rings is 1. The first-order valence-electron chi connectivity index (χ1n) is 6.27. The predicted molar refractivity (Wildman–Crippen MR) is 73.2 cm³/mol. The number of aromatic nitrogens is 1. The molecule has 0 amide bonds. The Morgan fingerprint density at radius 1 is 1.28 bits per heavy atom. The number of nitrogens with two attached hydrogens (primary N) is 2. The zero-order chi connectivity index (χ0) is 12.5. The molecular weight excluding hydrogens is 222 g/mol. The van der Waals surface area contributed by atoms with Crippen LogP contribution in [-0.4, -0.2) is 11.0 Å². The van der Waals surface area contributed by atoms with Crippen molar-refractivity contribution in [1.29, 1.82) is 0 Å². The summed E-state index contributed by atoms with van der Waals surface area (Å²) in [7, 11) is 0. The molecule has 92 valence electrons. The molecule has 3 rings (SSSR count). The minimum Gasteiger partial charge on any atom is -0.398 e. The third-order valence-corrected chi connectivity index (χ3v) is 3.81. The van der Waals surface area contributed by atoms with E-state index in [0.29, 0.717) is 5.92 Å². The first-order chi connectivity index (χ1) is 8.75. The molecule has 1 aliphatic rings. The van der Waals surface area contributed by atoms with Gasteiger partial charge in [0.2, 0.25) is 0 Å². The van der Waals surface area contributed by atoms with E-state index in [2.05, 4.69) is 29.2 Å². The lowest BCUT2D eigenvalue weighted by molar-refractivity contribution is 0.480. The number of fused-ring (bicyclic) bond motifs is 1. The predicted octanol–water partition coefficient (Wildman–Crippen LogP) is 1.87. The van der Waals surface area contributed by atoms with E-state index in [-0.39, 0.29) is 6.04 Å². The van der Waals surface area contributed by atoms with Gasteiger partial charge in [0.05, 0.1) is 0 Å². The molecule has 2 aromatic rings. The summed E-state index contributed by atoms with van der Waals surface area (Å²) >= 11 is 0. The number of nitrogen functional groups attached to an aromatic ring is 1. The number of rotatable bonds is 3. The standard InChI is InChI=1S/C15H17N3/c16-14-5-6-18-9-11(14)8-15(17)13-7-10-3-1-2-4-12(10)13/h1-6,9,13,15H,7-8,17H2,(H2,16,18). The van der Waals surface area contributed by atoms with Gasteiger partial charge in [-0.25, -0.2) is 0 Å². The van der Waals surface area contributed by atoms with Gasteiger partial charge in [0.15, 0.2) is 0 Å². The highest BCUT2D eigenvalue weighted by molar-refractivity contribution is 5.46. The summed E-state index contributed by atoms with van der Waals surface area (Å²) in [5, 5.41) is 0. The summed E-state index contributed by atoms with van der Waals surface area (Å²) in [6.45, 7) is 0. The summed E-state index contributed by atoms with van der Waals surface area (Å²) in [5.74, 6) is 0.459. The summed E-state index contributed by atoms with van der Waals surface area (Å²) in [4.78, 5) is 4.11. The zero-order valence-electron chi connectivity index (χ0n) is 10.2. The van der Waals surface area contributed by atoms with Gasteiger partial charge >= 0.3 is 0 Å². The van der Waals surface area contributed by atoms with E-state index in [1.54, 1.807) is 6.20 Å². The van der Waals surface area contributed by atoms with Crippen LogP contribution < -0.4 is 11.5 Å². The number of pyridine rings is 1. The smallest absolute Gasteiger partial charge is 0.0378 e. The maximum absolute atomic E-state index is 6.31. The molecule has 0 saturated heterocycles. The molecule has 0 spiro atoms. The lowest BCUT2D eigenvalue weighted by Gasteiger charge is -2.34. The van der Waals surface area contributed by atoms with Crippen LogP contribution in [0.5, 0.6) is 0 Å². The topological polar surface area (TPSA) is 64.9 Å². The van der Waals surface area contributed by atoms with Crippen molar-refractivity contribution in [1.82, 2.24) is 4.98 Å². The molecule has 0 aliphatic heterocycles. The van der Waals surface area contributed by atoms with E-state index in [9.17, 15) is 0 Å². The highest BCUT2D eigenvalue weighted by Crippen LogP contribution is 2.37. The normalized spacial score (nSPS) is 18.8. The van der Waals surface area contributed by atoms with Gasteiger partial charge in [0.25, 0.3) is 0 Å². The highest BCUT2D eigenvalue weighted by Gasteiger charge is 2.30. The molecule has 0 saturated carbocycles. The van der Waals surface area contributed by atoms with Crippen molar-refractivity contribution in [2.75, 3.05) is 5.73 Å². The van der Waals surface area contributed by atoms with Crippen LogP contribution in [0.25, 0.3) is 0 Å². The van der Waals surface area contributed by atoms with E-state index < -0.39 is 0 Å². The van der Waals surface area contributed by atoms with Crippen LogP contribution in [0.3, 0.4) is 0 Å². The monoisotopic (exact) mass is 239 g/mol. The van der Waals surface area contributed by atoms with Crippen molar-refractivity contribution in [3.8, 4) is 0 Å². The van der Waals surface area contributed by atoms with E-state index in [1.165, 1.54) is 11.1 Å². The number of hydrogen-bond acceptors (Lipinski definition) is 3. The molecule has 0 bridgehead atoms. The molecular formula is C15H17N3. The van der Waals surface area contributed by atoms with Gasteiger partial charge in [-0.15, -0.1) is 0 Å². The Balaban J connectivity index is 1.75. The summed E-state index contributed by atoms with van der Waals surface area (Å²) < 4.78 is 0. The molecule has 1 aromatic heterocycles. The summed E-state index contributed by atoms with van der Waals surface area (Å²) in [5.41, 5.74) is 16.9. The lowest BCUT2D eigenvalue weighted by atomic mass is 9.72. The Hall–Kier alpha value is -1.87. The molecule has 1 heterocycles. The summed E-state index contributed by atoms with van der Waals surface area (Å²) in [6, 6.07) is 10.5. The second-order valence-corrected chi connectivity index (χ2v) is 4.95. The second kappa shape index (κ2) is 4.42. The average Bonchev–Trinajstić information content (AvgIpc) is 2.34. The quantitative estimate of drug-likeness (QED) is 0.859. The van der Waals surface area contributed by atoms with Gasteiger partial charge in [-0.2, -0.15) is 0 Å². The Labute approximate surface area is 107 Å². The highest BCUT2D eigenvalue weighted by atomic mass is 14.7. The number of nitrogens with zero attached hydrogens (tertiary/aromatic N) is 1. The minimum atomic E-state index is 0.117. The first-order valence-corrected chi connectivity index (χ1v) is 6.27. The van der Waals surface area contributed by atoms with Crippen molar-refractivity contribution >= 4 is 5.69 Å². The average molecular weight is 239 g/mol. The molecule has 3 heteroatoms.